The average Bonchev–Trinajstić information content (AvgIpc) is 2.38. The molecular weight excluding hydrogens is 268 g/mol. The highest BCUT2D eigenvalue weighted by Gasteiger charge is 2.26. The molecule has 1 aromatic rings. The minimum absolute atomic E-state index is 0.0592. The fraction of sp³-hybridized carbons (Fsp3) is 0.500. The maximum atomic E-state index is 12.5. The lowest BCUT2D eigenvalue weighted by Gasteiger charge is -2.21. The zero-order valence-electron chi connectivity index (χ0n) is 11.2. The van der Waals surface area contributed by atoms with Crippen LogP contribution in [-0.4, -0.2) is 44.6 Å². The van der Waals surface area contributed by atoms with Crippen molar-refractivity contribution in [2.75, 3.05) is 32.5 Å². The molecule has 3 N–H and O–H groups in total. The Labute approximate surface area is 113 Å². The summed E-state index contributed by atoms with van der Waals surface area (Å²) in [5, 5.41) is 8.99. The van der Waals surface area contributed by atoms with Crippen molar-refractivity contribution in [2.45, 2.75) is 18.2 Å². The molecule has 1 rings (SSSR count). The number of nitrogen functional groups attached to an aromatic ring is 1. The van der Waals surface area contributed by atoms with Gasteiger partial charge < -0.3 is 15.6 Å². The van der Waals surface area contributed by atoms with Crippen molar-refractivity contribution in [3.63, 3.8) is 0 Å². The first kappa shape index (κ1) is 15.7. The van der Waals surface area contributed by atoms with Gasteiger partial charge in [0.2, 0.25) is 10.0 Å². The van der Waals surface area contributed by atoms with E-state index in [1.54, 1.807) is 0 Å². The summed E-state index contributed by atoms with van der Waals surface area (Å²) in [6.45, 7) is 2.05. The number of anilines is 1. The van der Waals surface area contributed by atoms with Crippen molar-refractivity contribution in [3.05, 3.63) is 18.2 Å². The van der Waals surface area contributed by atoms with Crippen LogP contribution in [0.5, 0.6) is 5.75 Å². The molecule has 0 aliphatic heterocycles. The largest absolute Gasteiger partial charge is 0.495 e. The van der Waals surface area contributed by atoms with Crippen molar-refractivity contribution in [1.82, 2.24) is 4.31 Å². The monoisotopic (exact) mass is 288 g/mol. The molecule has 0 amide bonds. The molecule has 0 aliphatic rings. The zero-order chi connectivity index (χ0) is 14.5. The lowest BCUT2D eigenvalue weighted by Crippen LogP contribution is -2.34. The second kappa shape index (κ2) is 6.74. The van der Waals surface area contributed by atoms with Crippen LogP contribution in [0.1, 0.15) is 13.3 Å². The molecule has 0 spiro atoms. The average molecular weight is 288 g/mol. The summed E-state index contributed by atoms with van der Waals surface area (Å²) in [5.74, 6) is 0.207. The lowest BCUT2D eigenvalue weighted by atomic mass is 10.3. The number of sulfonamides is 1. The van der Waals surface area contributed by atoms with Gasteiger partial charge in [-0.2, -0.15) is 4.31 Å². The van der Waals surface area contributed by atoms with Crippen molar-refractivity contribution in [3.8, 4) is 5.75 Å². The molecule has 0 unspecified atom stereocenters. The normalized spacial score (nSPS) is 11.8. The Balaban J connectivity index is 3.24. The number of hydrogen-bond donors (Lipinski definition) is 2. The predicted molar refractivity (Wildman–Crippen MR) is 73.5 cm³/mol. The summed E-state index contributed by atoms with van der Waals surface area (Å²) >= 11 is 0. The van der Waals surface area contributed by atoms with Crippen LogP contribution >= 0.6 is 0 Å². The van der Waals surface area contributed by atoms with Gasteiger partial charge in [0, 0.05) is 24.8 Å². The van der Waals surface area contributed by atoms with E-state index in [4.69, 9.17) is 15.6 Å². The van der Waals surface area contributed by atoms with Crippen LogP contribution in [0.4, 0.5) is 5.69 Å². The van der Waals surface area contributed by atoms with Crippen LogP contribution in [0.25, 0.3) is 0 Å². The Hall–Kier alpha value is -1.31. The molecule has 0 saturated heterocycles. The van der Waals surface area contributed by atoms with Crippen LogP contribution < -0.4 is 10.5 Å². The zero-order valence-corrected chi connectivity index (χ0v) is 12.0. The Kier molecular flexibility index (Phi) is 5.59. The van der Waals surface area contributed by atoms with E-state index < -0.39 is 10.0 Å². The van der Waals surface area contributed by atoms with Gasteiger partial charge in [0.25, 0.3) is 0 Å². The Morgan fingerprint density at radius 2 is 2.05 bits per heavy atom. The number of rotatable bonds is 7. The number of aliphatic hydroxyl groups is 1. The summed E-state index contributed by atoms with van der Waals surface area (Å²) in [7, 11) is -2.30. The maximum absolute atomic E-state index is 12.5. The maximum Gasteiger partial charge on any atom is 0.246 e. The van der Waals surface area contributed by atoms with E-state index >= 15 is 0 Å². The van der Waals surface area contributed by atoms with Gasteiger partial charge in [-0.3, -0.25) is 0 Å². The number of nitrogens with two attached hydrogens (primary N) is 1. The SMILES string of the molecule is CCCN(CCO)S(=O)(=O)c1ccc(N)cc1OC. The van der Waals surface area contributed by atoms with E-state index in [2.05, 4.69) is 0 Å². The Morgan fingerprint density at radius 1 is 1.37 bits per heavy atom. The summed E-state index contributed by atoms with van der Waals surface area (Å²) in [4.78, 5) is 0.0612. The quantitative estimate of drug-likeness (QED) is 0.719. The standard InChI is InChI=1S/C12H20N2O4S/c1-3-6-14(7-8-15)19(16,17)12-5-4-10(13)9-11(12)18-2/h4-5,9,15H,3,6-8,13H2,1-2H3. The number of methoxy groups -OCH3 is 1. The van der Waals surface area contributed by atoms with Gasteiger partial charge in [0.1, 0.15) is 10.6 Å². The minimum Gasteiger partial charge on any atom is -0.495 e. The van der Waals surface area contributed by atoms with Crippen LogP contribution in [0.2, 0.25) is 0 Å². The number of benzene rings is 1. The van der Waals surface area contributed by atoms with Crippen molar-refractivity contribution in [2.24, 2.45) is 0 Å². The minimum atomic E-state index is -3.69. The lowest BCUT2D eigenvalue weighted by molar-refractivity contribution is 0.253. The first-order valence-corrected chi connectivity index (χ1v) is 7.45. The number of ether oxygens (including phenoxy) is 1. The van der Waals surface area contributed by atoms with E-state index in [9.17, 15) is 8.42 Å². The van der Waals surface area contributed by atoms with Gasteiger partial charge in [0.15, 0.2) is 0 Å². The third kappa shape index (κ3) is 3.59. The van der Waals surface area contributed by atoms with Gasteiger partial charge in [-0.1, -0.05) is 6.92 Å². The van der Waals surface area contributed by atoms with E-state index in [1.165, 1.54) is 29.6 Å². The van der Waals surface area contributed by atoms with Crippen molar-refractivity contribution in [1.29, 1.82) is 0 Å². The molecular formula is C12H20N2O4S. The Morgan fingerprint density at radius 3 is 2.58 bits per heavy atom. The summed E-state index contributed by atoms with van der Waals surface area (Å²) in [6, 6.07) is 4.40. The van der Waals surface area contributed by atoms with Gasteiger partial charge in [-0.05, 0) is 18.6 Å². The summed E-state index contributed by atoms with van der Waals surface area (Å²) < 4.78 is 31.3. The van der Waals surface area contributed by atoms with E-state index in [0.717, 1.165) is 0 Å². The molecule has 0 heterocycles. The smallest absolute Gasteiger partial charge is 0.246 e. The first-order valence-electron chi connectivity index (χ1n) is 6.01. The van der Waals surface area contributed by atoms with Crippen molar-refractivity contribution >= 4 is 15.7 Å². The highest BCUT2D eigenvalue weighted by molar-refractivity contribution is 7.89. The second-order valence-corrected chi connectivity index (χ2v) is 5.94. The molecule has 0 saturated carbocycles. The van der Waals surface area contributed by atoms with Gasteiger partial charge >= 0.3 is 0 Å². The van der Waals surface area contributed by atoms with Crippen molar-refractivity contribution < 1.29 is 18.3 Å². The molecule has 19 heavy (non-hydrogen) atoms. The fourth-order valence-electron chi connectivity index (χ4n) is 1.75. The Bertz CT molecular complexity index is 510. The molecule has 0 aromatic heterocycles. The predicted octanol–water partition coefficient (Wildman–Crippen LogP) is 0.670. The highest BCUT2D eigenvalue weighted by Crippen LogP contribution is 2.28. The summed E-state index contributed by atoms with van der Waals surface area (Å²) in [6.07, 6.45) is 0.663. The third-order valence-electron chi connectivity index (χ3n) is 2.63. The second-order valence-electron chi connectivity index (χ2n) is 4.04. The molecule has 7 heteroatoms. The highest BCUT2D eigenvalue weighted by atomic mass is 32.2. The van der Waals surface area contributed by atoms with Crippen LogP contribution in [0, 0.1) is 0 Å². The topological polar surface area (TPSA) is 92.9 Å². The molecule has 0 fully saturated rings. The molecule has 0 radical (unpaired) electrons. The molecule has 1 aromatic carbocycles. The van der Waals surface area contributed by atoms with Gasteiger partial charge in [0.05, 0.1) is 13.7 Å². The first-order chi connectivity index (χ1) is 8.97. The number of hydrogen-bond acceptors (Lipinski definition) is 5. The summed E-state index contributed by atoms with van der Waals surface area (Å²) in [5.41, 5.74) is 6.04. The van der Waals surface area contributed by atoms with Crippen LogP contribution in [0.15, 0.2) is 23.1 Å². The fourth-order valence-corrected chi connectivity index (χ4v) is 3.41. The molecule has 108 valence electrons. The van der Waals surface area contributed by atoms with Gasteiger partial charge in [-0.25, -0.2) is 8.42 Å². The molecule has 0 aliphatic carbocycles. The third-order valence-corrected chi connectivity index (χ3v) is 4.57. The van der Waals surface area contributed by atoms with Crippen LogP contribution in [0.3, 0.4) is 0 Å². The molecule has 6 nitrogen and oxygen atoms in total. The van der Waals surface area contributed by atoms with E-state index in [-0.39, 0.29) is 23.8 Å². The number of nitrogens with zero attached hydrogens (tertiary/aromatic N) is 1. The number of aliphatic hydroxyl groups excluding tert-OH is 1. The van der Waals surface area contributed by atoms with E-state index in [1.807, 2.05) is 6.92 Å². The van der Waals surface area contributed by atoms with E-state index in [0.29, 0.717) is 18.7 Å². The van der Waals surface area contributed by atoms with Gasteiger partial charge in [-0.15, -0.1) is 0 Å². The van der Waals surface area contributed by atoms with Crippen LogP contribution in [-0.2, 0) is 10.0 Å². The molecule has 0 bridgehead atoms. The molecule has 0 atom stereocenters.